The number of aliphatic imine (C=N–C) groups is 1. The number of fused-ring (bicyclic) bond motifs is 1. The Kier molecular flexibility index (Phi) is 5.91. The maximum Gasteiger partial charge on any atom is 0.231 e. The summed E-state index contributed by atoms with van der Waals surface area (Å²) >= 11 is 0. The summed E-state index contributed by atoms with van der Waals surface area (Å²) in [7, 11) is 0. The van der Waals surface area contributed by atoms with Gasteiger partial charge < -0.3 is 14.2 Å². The van der Waals surface area contributed by atoms with Gasteiger partial charge in [-0.25, -0.2) is 0 Å². The number of hydrogen-bond acceptors (Lipinski definition) is 4. The number of rotatable bonds is 7. The van der Waals surface area contributed by atoms with Crippen LogP contribution in [-0.2, 0) is 4.74 Å². The van der Waals surface area contributed by atoms with E-state index in [0.717, 1.165) is 55.4 Å². The maximum atomic E-state index is 5.98. The van der Waals surface area contributed by atoms with Gasteiger partial charge in [-0.15, -0.1) is 0 Å². The van der Waals surface area contributed by atoms with Crippen molar-refractivity contribution < 1.29 is 14.2 Å². The van der Waals surface area contributed by atoms with Crippen LogP contribution in [0, 0.1) is 11.3 Å². The zero-order valence-electron chi connectivity index (χ0n) is 16.7. The monoisotopic (exact) mass is 359 g/mol. The second-order valence-corrected chi connectivity index (χ2v) is 8.87. The zero-order valence-corrected chi connectivity index (χ0v) is 16.7. The van der Waals surface area contributed by atoms with Crippen LogP contribution in [0.4, 0.5) is 0 Å². The summed E-state index contributed by atoms with van der Waals surface area (Å²) < 4.78 is 16.8. The lowest BCUT2D eigenvalue weighted by atomic mass is 9.68. The van der Waals surface area contributed by atoms with E-state index in [1.165, 1.54) is 12.8 Å². The average Bonchev–Trinajstić information content (AvgIpc) is 3.04. The van der Waals surface area contributed by atoms with Gasteiger partial charge in [0.15, 0.2) is 11.5 Å². The largest absolute Gasteiger partial charge is 0.454 e. The normalized spacial score (nSPS) is 24.5. The Hall–Kier alpha value is -1.55. The SMILES string of the molecule is CC(C)CCC1(CCN=Cc2ccc3c(c2)OCO3)CCOC(C)(C)C1. The lowest BCUT2D eigenvalue weighted by Gasteiger charge is -2.45. The fourth-order valence-electron chi connectivity index (χ4n) is 4.20. The first-order valence-electron chi connectivity index (χ1n) is 9.91. The van der Waals surface area contributed by atoms with Gasteiger partial charge in [0.05, 0.1) is 5.60 Å². The highest BCUT2D eigenvalue weighted by Crippen LogP contribution is 2.45. The Morgan fingerprint density at radius 3 is 2.73 bits per heavy atom. The van der Waals surface area contributed by atoms with Crippen molar-refractivity contribution in [2.24, 2.45) is 16.3 Å². The molecule has 1 atom stereocenters. The summed E-state index contributed by atoms with van der Waals surface area (Å²) in [6.07, 6.45) is 7.93. The summed E-state index contributed by atoms with van der Waals surface area (Å²) in [5.74, 6) is 2.38. The van der Waals surface area contributed by atoms with Gasteiger partial charge in [0.25, 0.3) is 0 Å². The van der Waals surface area contributed by atoms with Crippen molar-refractivity contribution in [3.05, 3.63) is 23.8 Å². The van der Waals surface area contributed by atoms with E-state index in [1.807, 2.05) is 24.4 Å². The minimum Gasteiger partial charge on any atom is -0.454 e. The van der Waals surface area contributed by atoms with E-state index in [-0.39, 0.29) is 5.60 Å². The van der Waals surface area contributed by atoms with E-state index in [0.29, 0.717) is 12.2 Å². The minimum atomic E-state index is -0.0176. The molecule has 0 spiro atoms. The van der Waals surface area contributed by atoms with Crippen LogP contribution in [0.3, 0.4) is 0 Å². The van der Waals surface area contributed by atoms with Crippen molar-refractivity contribution in [3.63, 3.8) is 0 Å². The van der Waals surface area contributed by atoms with E-state index in [4.69, 9.17) is 19.2 Å². The van der Waals surface area contributed by atoms with Crippen LogP contribution in [0.2, 0.25) is 0 Å². The molecule has 0 radical (unpaired) electrons. The van der Waals surface area contributed by atoms with Gasteiger partial charge in [0, 0.05) is 19.4 Å². The number of ether oxygens (including phenoxy) is 3. The van der Waals surface area contributed by atoms with Gasteiger partial charge >= 0.3 is 0 Å². The van der Waals surface area contributed by atoms with Gasteiger partial charge in [0.1, 0.15) is 0 Å². The van der Waals surface area contributed by atoms with E-state index in [9.17, 15) is 0 Å². The molecule has 1 saturated heterocycles. The molecule has 26 heavy (non-hydrogen) atoms. The standard InChI is InChI=1S/C22H33NO3/c1-17(2)7-8-22(10-12-26-21(3,4)15-22)9-11-23-14-18-5-6-19-20(13-18)25-16-24-19/h5-6,13-14,17H,7-12,15-16H2,1-4H3. The van der Waals surface area contributed by atoms with Crippen molar-refractivity contribution in [3.8, 4) is 11.5 Å². The van der Waals surface area contributed by atoms with Crippen molar-refractivity contribution in [1.29, 1.82) is 0 Å². The quantitative estimate of drug-likeness (QED) is 0.625. The molecule has 2 heterocycles. The number of benzene rings is 1. The first-order valence-corrected chi connectivity index (χ1v) is 9.91. The van der Waals surface area contributed by atoms with Crippen LogP contribution in [0.1, 0.15) is 65.4 Å². The average molecular weight is 360 g/mol. The van der Waals surface area contributed by atoms with Gasteiger partial charge in [-0.2, -0.15) is 0 Å². The molecular formula is C22H33NO3. The Labute approximate surface area is 157 Å². The predicted octanol–water partition coefficient (Wildman–Crippen LogP) is 5.24. The summed E-state index contributed by atoms with van der Waals surface area (Å²) in [5, 5.41) is 0. The van der Waals surface area contributed by atoms with E-state index in [2.05, 4.69) is 27.7 Å². The fourth-order valence-corrected chi connectivity index (χ4v) is 4.20. The molecule has 1 fully saturated rings. The molecule has 1 aromatic rings. The van der Waals surface area contributed by atoms with E-state index in [1.54, 1.807) is 0 Å². The van der Waals surface area contributed by atoms with Crippen LogP contribution in [-0.4, -0.2) is 31.8 Å². The van der Waals surface area contributed by atoms with Crippen molar-refractivity contribution in [1.82, 2.24) is 0 Å². The molecule has 4 nitrogen and oxygen atoms in total. The molecule has 1 aromatic carbocycles. The molecule has 0 aliphatic carbocycles. The smallest absolute Gasteiger partial charge is 0.231 e. The second kappa shape index (κ2) is 7.99. The van der Waals surface area contributed by atoms with E-state index < -0.39 is 0 Å². The van der Waals surface area contributed by atoms with Crippen LogP contribution < -0.4 is 9.47 Å². The summed E-state index contributed by atoms with van der Waals surface area (Å²) in [4.78, 5) is 4.72. The highest BCUT2D eigenvalue weighted by molar-refractivity contribution is 5.81. The molecular weight excluding hydrogens is 326 g/mol. The van der Waals surface area contributed by atoms with Crippen LogP contribution in [0.5, 0.6) is 11.5 Å². The third-order valence-corrected chi connectivity index (χ3v) is 5.59. The van der Waals surface area contributed by atoms with Crippen LogP contribution in [0.15, 0.2) is 23.2 Å². The third-order valence-electron chi connectivity index (χ3n) is 5.59. The molecule has 1 unspecified atom stereocenters. The molecule has 0 aromatic heterocycles. The Bertz CT molecular complexity index is 638. The Balaban J connectivity index is 1.60. The Morgan fingerprint density at radius 2 is 1.96 bits per heavy atom. The number of hydrogen-bond donors (Lipinski definition) is 0. The summed E-state index contributed by atoms with van der Waals surface area (Å²) in [5.41, 5.74) is 1.41. The molecule has 0 N–H and O–H groups in total. The molecule has 2 aliphatic heterocycles. The van der Waals surface area contributed by atoms with Crippen molar-refractivity contribution >= 4 is 6.21 Å². The van der Waals surface area contributed by atoms with Gasteiger partial charge in [-0.1, -0.05) is 20.3 Å². The maximum absolute atomic E-state index is 5.98. The third kappa shape index (κ3) is 5.00. The van der Waals surface area contributed by atoms with Gasteiger partial charge in [0.2, 0.25) is 6.79 Å². The van der Waals surface area contributed by atoms with Gasteiger partial charge in [-0.3, -0.25) is 4.99 Å². The predicted molar refractivity (Wildman–Crippen MR) is 105 cm³/mol. The number of nitrogens with zero attached hydrogens (tertiary/aromatic N) is 1. The fraction of sp³-hybridized carbons (Fsp3) is 0.682. The first-order chi connectivity index (χ1) is 12.4. The minimum absolute atomic E-state index is 0.0176. The Morgan fingerprint density at radius 1 is 1.15 bits per heavy atom. The lowest BCUT2D eigenvalue weighted by Crippen LogP contribution is -2.41. The molecule has 0 saturated carbocycles. The van der Waals surface area contributed by atoms with Gasteiger partial charge in [-0.05, 0) is 74.6 Å². The molecule has 144 valence electrons. The lowest BCUT2D eigenvalue weighted by molar-refractivity contribution is -0.110. The summed E-state index contributed by atoms with van der Waals surface area (Å²) in [6, 6.07) is 5.98. The zero-order chi connectivity index (χ0) is 18.6. The molecule has 0 amide bonds. The molecule has 4 heteroatoms. The van der Waals surface area contributed by atoms with Crippen LogP contribution >= 0.6 is 0 Å². The van der Waals surface area contributed by atoms with Crippen molar-refractivity contribution in [2.45, 2.75) is 65.4 Å². The van der Waals surface area contributed by atoms with Crippen LogP contribution in [0.25, 0.3) is 0 Å². The first kappa shape index (κ1) is 19.2. The highest BCUT2D eigenvalue weighted by Gasteiger charge is 2.40. The topological polar surface area (TPSA) is 40.0 Å². The molecule has 3 rings (SSSR count). The van der Waals surface area contributed by atoms with E-state index >= 15 is 0 Å². The summed E-state index contributed by atoms with van der Waals surface area (Å²) in [6.45, 7) is 11.1. The molecule has 0 bridgehead atoms. The second-order valence-electron chi connectivity index (χ2n) is 8.87. The van der Waals surface area contributed by atoms with Crippen molar-refractivity contribution in [2.75, 3.05) is 19.9 Å². The molecule has 2 aliphatic rings. The highest BCUT2D eigenvalue weighted by atomic mass is 16.7.